The Balaban J connectivity index is 1.89. The van der Waals surface area contributed by atoms with E-state index in [9.17, 15) is 0 Å². The molecule has 2 atom stereocenters. The Bertz CT molecular complexity index is 306. The molecule has 2 aliphatic carbocycles. The molecule has 2 saturated carbocycles. The van der Waals surface area contributed by atoms with Gasteiger partial charge in [0.15, 0.2) is 5.96 Å². The van der Waals surface area contributed by atoms with Gasteiger partial charge in [-0.1, -0.05) is 26.2 Å². The predicted octanol–water partition coefficient (Wildman–Crippen LogP) is 2.12. The zero-order valence-electron chi connectivity index (χ0n) is 10.3. The van der Waals surface area contributed by atoms with Crippen molar-refractivity contribution < 1.29 is 0 Å². The molecule has 16 heavy (non-hydrogen) atoms. The van der Waals surface area contributed by atoms with Crippen LogP contribution in [0.15, 0.2) is 4.99 Å². The van der Waals surface area contributed by atoms with Crippen molar-refractivity contribution in [3.05, 3.63) is 0 Å². The van der Waals surface area contributed by atoms with Gasteiger partial charge in [-0.15, -0.1) is 0 Å². The zero-order chi connectivity index (χ0) is 11.2. The fourth-order valence-electron chi connectivity index (χ4n) is 4.13. The van der Waals surface area contributed by atoms with E-state index in [0.717, 1.165) is 18.4 Å². The zero-order valence-corrected chi connectivity index (χ0v) is 10.3. The average molecular weight is 221 g/mol. The van der Waals surface area contributed by atoms with Crippen molar-refractivity contribution >= 4 is 5.96 Å². The van der Waals surface area contributed by atoms with E-state index in [1.54, 1.807) is 0 Å². The third-order valence-corrected chi connectivity index (χ3v) is 5.10. The van der Waals surface area contributed by atoms with E-state index in [1.165, 1.54) is 44.9 Å². The average Bonchev–Trinajstić information content (AvgIpc) is 2.93. The van der Waals surface area contributed by atoms with Crippen LogP contribution in [0.1, 0.15) is 51.9 Å². The monoisotopic (exact) mass is 221 g/mol. The molecule has 0 radical (unpaired) electrons. The van der Waals surface area contributed by atoms with Crippen LogP contribution in [-0.4, -0.2) is 29.0 Å². The lowest BCUT2D eigenvalue weighted by Gasteiger charge is -2.43. The van der Waals surface area contributed by atoms with Crippen LogP contribution in [0.2, 0.25) is 0 Å². The van der Waals surface area contributed by atoms with Crippen LogP contribution in [0.5, 0.6) is 0 Å². The quantitative estimate of drug-likeness (QED) is 0.737. The summed E-state index contributed by atoms with van der Waals surface area (Å²) in [5.41, 5.74) is 6.46. The van der Waals surface area contributed by atoms with Crippen LogP contribution in [0.3, 0.4) is 0 Å². The van der Waals surface area contributed by atoms with Crippen LogP contribution in [0.4, 0.5) is 0 Å². The van der Waals surface area contributed by atoms with Crippen molar-refractivity contribution in [2.75, 3.05) is 6.54 Å². The first-order valence-corrected chi connectivity index (χ1v) is 6.83. The molecule has 3 nitrogen and oxygen atoms in total. The van der Waals surface area contributed by atoms with Gasteiger partial charge in [0.2, 0.25) is 0 Å². The van der Waals surface area contributed by atoms with Gasteiger partial charge in [-0.05, 0) is 31.6 Å². The van der Waals surface area contributed by atoms with Crippen LogP contribution < -0.4 is 5.73 Å². The summed E-state index contributed by atoms with van der Waals surface area (Å²) >= 11 is 0. The van der Waals surface area contributed by atoms with Gasteiger partial charge in [0.05, 0.1) is 12.1 Å². The van der Waals surface area contributed by atoms with E-state index < -0.39 is 0 Å². The standard InChI is InChI=1S/C13H23N3/c1-10-5-4-8-13(10)9-15-12(14)16(13)11-6-2-3-7-11/h10-11H,2-9H2,1H3,(H2,14,15). The Morgan fingerprint density at radius 3 is 2.62 bits per heavy atom. The van der Waals surface area contributed by atoms with Crippen LogP contribution >= 0.6 is 0 Å². The van der Waals surface area contributed by atoms with E-state index in [2.05, 4.69) is 16.8 Å². The van der Waals surface area contributed by atoms with E-state index >= 15 is 0 Å². The Kier molecular flexibility index (Phi) is 2.37. The van der Waals surface area contributed by atoms with Gasteiger partial charge in [-0.25, -0.2) is 0 Å². The fourth-order valence-corrected chi connectivity index (χ4v) is 4.13. The third kappa shape index (κ3) is 1.30. The lowest BCUT2D eigenvalue weighted by molar-refractivity contribution is 0.114. The molecule has 0 amide bonds. The summed E-state index contributed by atoms with van der Waals surface area (Å²) in [6.07, 6.45) is 9.40. The molecule has 1 aliphatic heterocycles. The second kappa shape index (κ2) is 3.64. The fraction of sp³-hybridized carbons (Fsp3) is 0.923. The SMILES string of the molecule is CC1CCCC12CN=C(N)N2C1CCCC1. The maximum Gasteiger partial charge on any atom is 0.192 e. The molecule has 3 rings (SSSR count). The second-order valence-corrected chi connectivity index (χ2v) is 5.88. The Labute approximate surface area is 98.1 Å². The van der Waals surface area contributed by atoms with Crippen molar-refractivity contribution in [1.82, 2.24) is 4.90 Å². The highest BCUT2D eigenvalue weighted by Gasteiger charge is 2.51. The minimum Gasteiger partial charge on any atom is -0.370 e. The van der Waals surface area contributed by atoms with Crippen molar-refractivity contribution in [2.24, 2.45) is 16.6 Å². The maximum atomic E-state index is 6.15. The summed E-state index contributed by atoms with van der Waals surface area (Å²) in [6.45, 7) is 3.35. The highest BCUT2D eigenvalue weighted by molar-refractivity contribution is 5.81. The summed E-state index contributed by atoms with van der Waals surface area (Å²) in [4.78, 5) is 7.09. The first-order chi connectivity index (χ1) is 7.74. The molecule has 3 aliphatic rings. The smallest absolute Gasteiger partial charge is 0.192 e. The number of aliphatic imine (C=N–C) groups is 1. The Morgan fingerprint density at radius 2 is 2.00 bits per heavy atom. The molecule has 0 aromatic carbocycles. The summed E-state index contributed by atoms with van der Waals surface area (Å²) < 4.78 is 0. The lowest BCUT2D eigenvalue weighted by Crippen LogP contribution is -2.57. The number of rotatable bonds is 1. The van der Waals surface area contributed by atoms with Gasteiger partial charge < -0.3 is 10.6 Å². The first-order valence-electron chi connectivity index (χ1n) is 6.83. The van der Waals surface area contributed by atoms with Crippen molar-refractivity contribution in [3.8, 4) is 0 Å². The largest absolute Gasteiger partial charge is 0.370 e. The molecule has 0 saturated heterocycles. The Hall–Kier alpha value is -0.730. The first kappa shape index (κ1) is 10.4. The molecule has 0 bridgehead atoms. The van der Waals surface area contributed by atoms with Gasteiger partial charge >= 0.3 is 0 Å². The van der Waals surface area contributed by atoms with E-state index in [-0.39, 0.29) is 0 Å². The number of hydrogen-bond acceptors (Lipinski definition) is 3. The van der Waals surface area contributed by atoms with Gasteiger partial charge in [0.1, 0.15) is 0 Å². The number of nitrogens with zero attached hydrogens (tertiary/aromatic N) is 2. The topological polar surface area (TPSA) is 41.6 Å². The van der Waals surface area contributed by atoms with E-state index in [4.69, 9.17) is 5.73 Å². The minimum absolute atomic E-state index is 0.305. The van der Waals surface area contributed by atoms with Crippen LogP contribution in [-0.2, 0) is 0 Å². The Morgan fingerprint density at radius 1 is 1.25 bits per heavy atom. The molecule has 1 heterocycles. The van der Waals surface area contributed by atoms with Gasteiger partial charge in [-0.3, -0.25) is 4.99 Å². The van der Waals surface area contributed by atoms with Crippen molar-refractivity contribution in [1.29, 1.82) is 0 Å². The lowest BCUT2D eigenvalue weighted by atomic mass is 9.86. The highest BCUT2D eigenvalue weighted by atomic mass is 15.4. The van der Waals surface area contributed by atoms with Crippen LogP contribution in [0, 0.1) is 5.92 Å². The molecule has 1 spiro atoms. The minimum atomic E-state index is 0.305. The number of guanidine groups is 1. The van der Waals surface area contributed by atoms with Gasteiger partial charge in [-0.2, -0.15) is 0 Å². The molecule has 0 aromatic heterocycles. The number of nitrogens with two attached hydrogens (primary N) is 1. The third-order valence-electron chi connectivity index (χ3n) is 5.10. The summed E-state index contributed by atoms with van der Waals surface area (Å²) in [6, 6.07) is 0.687. The molecular formula is C13H23N3. The number of hydrogen-bond donors (Lipinski definition) is 1. The molecule has 2 fully saturated rings. The second-order valence-electron chi connectivity index (χ2n) is 5.88. The highest BCUT2D eigenvalue weighted by Crippen LogP contribution is 2.45. The van der Waals surface area contributed by atoms with Crippen molar-refractivity contribution in [3.63, 3.8) is 0 Å². The van der Waals surface area contributed by atoms with E-state index in [0.29, 0.717) is 11.6 Å². The van der Waals surface area contributed by atoms with Crippen LogP contribution in [0.25, 0.3) is 0 Å². The van der Waals surface area contributed by atoms with Crippen molar-refractivity contribution in [2.45, 2.75) is 63.5 Å². The molecule has 3 heteroatoms. The summed E-state index contributed by atoms with van der Waals surface area (Å²) in [5, 5.41) is 0. The van der Waals surface area contributed by atoms with Gasteiger partial charge in [0, 0.05) is 6.04 Å². The molecule has 90 valence electrons. The molecular weight excluding hydrogens is 198 g/mol. The summed E-state index contributed by atoms with van der Waals surface area (Å²) in [5.74, 6) is 1.60. The predicted molar refractivity (Wildman–Crippen MR) is 66.3 cm³/mol. The normalized spacial score (nSPS) is 39.9. The molecule has 2 N–H and O–H groups in total. The maximum absolute atomic E-state index is 6.15. The molecule has 0 aromatic rings. The molecule has 2 unspecified atom stereocenters. The van der Waals surface area contributed by atoms with E-state index in [1.807, 2.05) is 0 Å². The summed E-state index contributed by atoms with van der Waals surface area (Å²) in [7, 11) is 0. The van der Waals surface area contributed by atoms with Gasteiger partial charge in [0.25, 0.3) is 0 Å².